The van der Waals surface area contributed by atoms with Crippen LogP contribution in [-0.4, -0.2) is 12.4 Å². The normalized spacial score (nSPS) is 10.2. The van der Waals surface area contributed by atoms with E-state index in [1.165, 1.54) is 12.1 Å². The van der Waals surface area contributed by atoms with Crippen LogP contribution in [-0.2, 0) is 0 Å². The number of unbranched alkanes of at least 4 members (excludes halogenated alkanes) is 1. The summed E-state index contributed by atoms with van der Waals surface area (Å²) in [6, 6.07) is 4.44. The standard InChI is InChI=1S/C10H12ClFOS/c11-9-4-3-8(7-10(9)12)13-5-1-2-6-14/h3-4,7,14H,1-2,5-6H2. The lowest BCUT2D eigenvalue weighted by Crippen LogP contribution is -1.97. The Morgan fingerprint density at radius 1 is 1.36 bits per heavy atom. The molecule has 1 rings (SSSR count). The second-order valence-electron chi connectivity index (χ2n) is 2.86. The first-order valence-corrected chi connectivity index (χ1v) is 5.44. The van der Waals surface area contributed by atoms with Crippen LogP contribution in [0.4, 0.5) is 4.39 Å². The van der Waals surface area contributed by atoms with Crippen molar-refractivity contribution in [3.8, 4) is 5.75 Å². The van der Waals surface area contributed by atoms with Crippen LogP contribution in [0.1, 0.15) is 12.8 Å². The first kappa shape index (κ1) is 11.7. The average Bonchev–Trinajstić information content (AvgIpc) is 2.18. The molecule has 0 amide bonds. The zero-order chi connectivity index (χ0) is 10.4. The van der Waals surface area contributed by atoms with Gasteiger partial charge in [0, 0.05) is 6.07 Å². The maximum Gasteiger partial charge on any atom is 0.145 e. The molecule has 0 aliphatic carbocycles. The topological polar surface area (TPSA) is 9.23 Å². The van der Waals surface area contributed by atoms with Gasteiger partial charge in [0.1, 0.15) is 11.6 Å². The quantitative estimate of drug-likeness (QED) is 0.605. The van der Waals surface area contributed by atoms with E-state index in [4.69, 9.17) is 16.3 Å². The van der Waals surface area contributed by atoms with Crippen molar-refractivity contribution < 1.29 is 9.13 Å². The van der Waals surface area contributed by atoms with E-state index in [1.54, 1.807) is 6.07 Å². The van der Waals surface area contributed by atoms with E-state index in [1.807, 2.05) is 0 Å². The summed E-state index contributed by atoms with van der Waals surface area (Å²) in [6.45, 7) is 0.585. The Bertz CT molecular complexity index is 293. The number of thiol groups is 1. The predicted molar refractivity (Wildman–Crippen MR) is 60.0 cm³/mol. The smallest absolute Gasteiger partial charge is 0.145 e. The van der Waals surface area contributed by atoms with Crippen LogP contribution < -0.4 is 4.74 Å². The molecule has 14 heavy (non-hydrogen) atoms. The van der Waals surface area contributed by atoms with Crippen molar-refractivity contribution in [2.24, 2.45) is 0 Å². The highest BCUT2D eigenvalue weighted by Crippen LogP contribution is 2.20. The van der Waals surface area contributed by atoms with Crippen molar-refractivity contribution in [2.75, 3.05) is 12.4 Å². The van der Waals surface area contributed by atoms with Gasteiger partial charge in [0.25, 0.3) is 0 Å². The molecule has 1 aromatic carbocycles. The van der Waals surface area contributed by atoms with Gasteiger partial charge in [-0.1, -0.05) is 11.6 Å². The summed E-state index contributed by atoms with van der Waals surface area (Å²) in [4.78, 5) is 0. The molecule has 0 saturated heterocycles. The molecule has 1 aromatic rings. The van der Waals surface area contributed by atoms with Crippen molar-refractivity contribution in [3.05, 3.63) is 29.0 Å². The maximum atomic E-state index is 12.9. The van der Waals surface area contributed by atoms with Crippen molar-refractivity contribution in [3.63, 3.8) is 0 Å². The molecule has 0 aromatic heterocycles. The molecule has 0 spiro atoms. The van der Waals surface area contributed by atoms with Crippen molar-refractivity contribution in [1.29, 1.82) is 0 Å². The van der Waals surface area contributed by atoms with Crippen molar-refractivity contribution in [2.45, 2.75) is 12.8 Å². The minimum atomic E-state index is -0.446. The van der Waals surface area contributed by atoms with Crippen molar-refractivity contribution >= 4 is 24.2 Å². The largest absolute Gasteiger partial charge is 0.493 e. The average molecular weight is 235 g/mol. The summed E-state index contributed by atoms with van der Waals surface area (Å²) in [5, 5.41) is 0.118. The van der Waals surface area contributed by atoms with Crippen LogP contribution in [0.15, 0.2) is 18.2 Å². The van der Waals surface area contributed by atoms with E-state index >= 15 is 0 Å². The van der Waals surface area contributed by atoms with Crippen molar-refractivity contribution in [1.82, 2.24) is 0 Å². The molecule has 0 aliphatic rings. The number of hydrogen-bond acceptors (Lipinski definition) is 2. The van der Waals surface area contributed by atoms with Gasteiger partial charge in [-0.3, -0.25) is 0 Å². The molecular formula is C10H12ClFOS. The van der Waals surface area contributed by atoms with Gasteiger partial charge in [0.05, 0.1) is 11.6 Å². The third-order valence-electron chi connectivity index (χ3n) is 1.71. The number of benzene rings is 1. The Morgan fingerprint density at radius 2 is 2.14 bits per heavy atom. The SMILES string of the molecule is Fc1cc(OCCCCS)ccc1Cl. The molecule has 1 nitrogen and oxygen atoms in total. The zero-order valence-electron chi connectivity index (χ0n) is 7.67. The molecule has 0 aliphatic heterocycles. The third kappa shape index (κ3) is 3.76. The Kier molecular flexibility index (Phi) is 5.12. The fraction of sp³-hybridized carbons (Fsp3) is 0.400. The first-order valence-electron chi connectivity index (χ1n) is 4.43. The summed E-state index contributed by atoms with van der Waals surface area (Å²) in [5.41, 5.74) is 0. The number of halogens is 2. The number of rotatable bonds is 5. The lowest BCUT2D eigenvalue weighted by molar-refractivity contribution is 0.308. The van der Waals surface area contributed by atoms with Gasteiger partial charge in [0.2, 0.25) is 0 Å². The summed E-state index contributed by atoms with van der Waals surface area (Å²) < 4.78 is 18.2. The molecule has 0 unspecified atom stereocenters. The zero-order valence-corrected chi connectivity index (χ0v) is 9.32. The molecule has 0 radical (unpaired) electrons. The van der Waals surface area contributed by atoms with E-state index in [2.05, 4.69) is 12.6 Å². The van der Waals surface area contributed by atoms with Gasteiger partial charge in [-0.15, -0.1) is 0 Å². The monoisotopic (exact) mass is 234 g/mol. The highest BCUT2D eigenvalue weighted by Gasteiger charge is 2.01. The van der Waals surface area contributed by atoms with Crippen LogP contribution in [0.5, 0.6) is 5.75 Å². The summed E-state index contributed by atoms with van der Waals surface area (Å²) in [7, 11) is 0. The molecule has 78 valence electrons. The van der Waals surface area contributed by atoms with Crippen LogP contribution >= 0.6 is 24.2 Å². The molecule has 0 bridgehead atoms. The Hall–Kier alpha value is -0.410. The number of ether oxygens (including phenoxy) is 1. The molecule has 0 heterocycles. The van der Waals surface area contributed by atoms with E-state index < -0.39 is 5.82 Å². The fourth-order valence-electron chi connectivity index (χ4n) is 0.971. The minimum absolute atomic E-state index is 0.118. The summed E-state index contributed by atoms with van der Waals surface area (Å²) in [6.07, 6.45) is 1.92. The number of hydrogen-bond donors (Lipinski definition) is 1. The summed E-state index contributed by atoms with van der Waals surface area (Å²) in [5.74, 6) is 0.919. The van der Waals surface area contributed by atoms with Gasteiger partial charge in [-0.2, -0.15) is 12.6 Å². The highest BCUT2D eigenvalue weighted by atomic mass is 35.5. The lowest BCUT2D eigenvalue weighted by Gasteiger charge is -2.05. The predicted octanol–water partition coefficient (Wildman–Crippen LogP) is 3.57. The van der Waals surface area contributed by atoms with Crippen LogP contribution in [0.3, 0.4) is 0 Å². The fourth-order valence-corrected chi connectivity index (χ4v) is 1.31. The first-order chi connectivity index (χ1) is 6.74. The van der Waals surface area contributed by atoms with Crippen LogP contribution in [0, 0.1) is 5.82 Å². The second-order valence-corrected chi connectivity index (χ2v) is 3.71. The minimum Gasteiger partial charge on any atom is -0.493 e. The van der Waals surface area contributed by atoms with Gasteiger partial charge in [-0.25, -0.2) is 4.39 Å². The molecule has 4 heteroatoms. The molecular weight excluding hydrogens is 223 g/mol. The van der Waals surface area contributed by atoms with Gasteiger partial charge in [-0.05, 0) is 30.7 Å². The van der Waals surface area contributed by atoms with Gasteiger partial charge < -0.3 is 4.74 Å². The van der Waals surface area contributed by atoms with Gasteiger partial charge >= 0.3 is 0 Å². The Balaban J connectivity index is 2.39. The van der Waals surface area contributed by atoms with E-state index in [-0.39, 0.29) is 5.02 Å². The molecule has 0 saturated carbocycles. The van der Waals surface area contributed by atoms with Crippen LogP contribution in [0.2, 0.25) is 5.02 Å². The summed E-state index contributed by atoms with van der Waals surface area (Å²) >= 11 is 9.60. The second kappa shape index (κ2) is 6.14. The Labute approximate surface area is 93.6 Å². The molecule has 0 fully saturated rings. The lowest BCUT2D eigenvalue weighted by atomic mass is 10.3. The molecule has 0 N–H and O–H groups in total. The van der Waals surface area contributed by atoms with Gasteiger partial charge in [0.15, 0.2) is 0 Å². The Morgan fingerprint density at radius 3 is 2.79 bits per heavy atom. The third-order valence-corrected chi connectivity index (χ3v) is 2.33. The van der Waals surface area contributed by atoms with E-state index in [0.29, 0.717) is 12.4 Å². The molecule has 0 atom stereocenters. The maximum absolute atomic E-state index is 12.9. The van der Waals surface area contributed by atoms with E-state index in [0.717, 1.165) is 18.6 Å². The van der Waals surface area contributed by atoms with Crippen LogP contribution in [0.25, 0.3) is 0 Å². The highest BCUT2D eigenvalue weighted by molar-refractivity contribution is 7.80. The van der Waals surface area contributed by atoms with E-state index in [9.17, 15) is 4.39 Å².